The molecule has 0 bridgehead atoms. The van der Waals surface area contributed by atoms with Crippen LogP contribution in [0.15, 0.2) is 36.4 Å². The fraction of sp³-hybridized carbons (Fsp3) is 0.346. The second-order valence-corrected chi connectivity index (χ2v) is 8.31. The summed E-state index contributed by atoms with van der Waals surface area (Å²) in [6, 6.07) is 11.2. The molecule has 1 aromatic heterocycles. The van der Waals surface area contributed by atoms with E-state index in [-0.39, 0.29) is 11.9 Å². The number of benzene rings is 2. The van der Waals surface area contributed by atoms with Crippen LogP contribution in [0.25, 0.3) is 5.69 Å². The maximum absolute atomic E-state index is 13.0. The molecular weight excluding hydrogens is 438 g/mol. The highest BCUT2D eigenvalue weighted by Gasteiger charge is 2.17. The molecule has 33 heavy (non-hydrogen) atoms. The summed E-state index contributed by atoms with van der Waals surface area (Å²) in [7, 11) is 1.39. The largest absolute Gasteiger partial charge is 0.469 e. The number of ether oxygens (including phenoxy) is 1. The number of hydrogen-bond donors (Lipinski definition) is 1. The molecule has 0 atom stereocenters. The fourth-order valence-electron chi connectivity index (χ4n) is 4.02. The van der Waals surface area contributed by atoms with Crippen molar-refractivity contribution in [1.29, 1.82) is 0 Å². The van der Waals surface area contributed by atoms with Crippen molar-refractivity contribution < 1.29 is 14.3 Å². The summed E-state index contributed by atoms with van der Waals surface area (Å²) < 4.78 is 6.58. The molecule has 0 saturated heterocycles. The van der Waals surface area contributed by atoms with Crippen molar-refractivity contribution in [1.82, 2.24) is 9.78 Å². The Hall–Kier alpha value is -3.12. The Morgan fingerprint density at radius 1 is 1.03 bits per heavy atom. The van der Waals surface area contributed by atoms with E-state index >= 15 is 0 Å². The van der Waals surface area contributed by atoms with Crippen molar-refractivity contribution in [2.45, 2.75) is 53.4 Å². The normalized spacial score (nSPS) is 10.8. The van der Waals surface area contributed by atoms with Gasteiger partial charge in [0.2, 0.25) is 0 Å². The summed E-state index contributed by atoms with van der Waals surface area (Å²) in [5.41, 5.74) is 7.08. The summed E-state index contributed by atoms with van der Waals surface area (Å²) in [4.78, 5) is 24.5. The number of esters is 1. The number of halogens is 1. The first-order chi connectivity index (χ1) is 15.8. The highest BCUT2D eigenvalue weighted by molar-refractivity contribution is 6.32. The van der Waals surface area contributed by atoms with E-state index in [2.05, 4.69) is 17.3 Å². The standard InChI is InChI=1S/C26H30ClN3O3/c1-6-18-10-14-23(27)21(7-2)25(18)28-26(32)19-8-11-20(12-9-19)30-17(4)22(16(3)29-30)13-15-24(31)33-5/h8-12,14H,6-7,13,15H2,1-5H3,(H,28,32). The van der Waals surface area contributed by atoms with Crippen molar-refractivity contribution >= 4 is 29.2 Å². The van der Waals surface area contributed by atoms with Gasteiger partial charge in [0.15, 0.2) is 0 Å². The van der Waals surface area contributed by atoms with Crippen molar-refractivity contribution in [3.8, 4) is 5.69 Å². The number of hydrogen-bond acceptors (Lipinski definition) is 4. The van der Waals surface area contributed by atoms with Gasteiger partial charge >= 0.3 is 5.97 Å². The smallest absolute Gasteiger partial charge is 0.305 e. The fourth-order valence-corrected chi connectivity index (χ4v) is 4.32. The van der Waals surface area contributed by atoms with Crippen LogP contribution in [0.1, 0.15) is 58.7 Å². The predicted molar refractivity (Wildman–Crippen MR) is 132 cm³/mol. The number of rotatable bonds is 8. The Morgan fingerprint density at radius 3 is 2.33 bits per heavy atom. The van der Waals surface area contributed by atoms with Crippen LogP contribution in [0.2, 0.25) is 5.02 Å². The van der Waals surface area contributed by atoms with E-state index in [1.807, 2.05) is 49.7 Å². The van der Waals surface area contributed by atoms with Crippen LogP contribution in [-0.4, -0.2) is 28.8 Å². The van der Waals surface area contributed by atoms with Gasteiger partial charge in [0.25, 0.3) is 5.91 Å². The number of methoxy groups -OCH3 is 1. The summed E-state index contributed by atoms with van der Waals surface area (Å²) in [6.45, 7) is 7.99. The van der Waals surface area contributed by atoms with Gasteiger partial charge in [-0.3, -0.25) is 9.59 Å². The molecule has 3 rings (SSSR count). The van der Waals surface area contributed by atoms with Gasteiger partial charge in [-0.2, -0.15) is 5.10 Å². The molecule has 0 unspecified atom stereocenters. The molecule has 1 N–H and O–H groups in total. The highest BCUT2D eigenvalue weighted by atomic mass is 35.5. The number of anilines is 1. The lowest BCUT2D eigenvalue weighted by atomic mass is 10.0. The third kappa shape index (κ3) is 5.28. The number of amides is 1. The third-order valence-electron chi connectivity index (χ3n) is 5.94. The van der Waals surface area contributed by atoms with E-state index < -0.39 is 0 Å². The molecule has 6 nitrogen and oxygen atoms in total. The summed E-state index contributed by atoms with van der Waals surface area (Å²) in [5, 5.41) is 8.36. The van der Waals surface area contributed by atoms with E-state index in [1.54, 1.807) is 12.1 Å². The van der Waals surface area contributed by atoms with Crippen molar-refractivity contribution in [2.75, 3.05) is 12.4 Å². The number of carbonyl (C=O) groups excluding carboxylic acids is 2. The molecule has 7 heteroatoms. The van der Waals surface area contributed by atoms with E-state index in [1.165, 1.54) is 7.11 Å². The molecule has 1 amide bonds. The van der Waals surface area contributed by atoms with Crippen molar-refractivity contribution in [2.24, 2.45) is 0 Å². The maximum Gasteiger partial charge on any atom is 0.305 e. The first kappa shape index (κ1) is 24.5. The van der Waals surface area contributed by atoms with E-state index in [9.17, 15) is 9.59 Å². The lowest BCUT2D eigenvalue weighted by molar-refractivity contribution is -0.140. The van der Waals surface area contributed by atoms with Crippen LogP contribution in [-0.2, 0) is 28.8 Å². The van der Waals surface area contributed by atoms with E-state index in [0.717, 1.165) is 52.3 Å². The van der Waals surface area contributed by atoms with Crippen molar-refractivity contribution in [3.05, 3.63) is 75.1 Å². The minimum Gasteiger partial charge on any atom is -0.469 e. The van der Waals surface area contributed by atoms with Crippen LogP contribution >= 0.6 is 11.6 Å². The SMILES string of the molecule is CCc1ccc(Cl)c(CC)c1NC(=O)c1ccc(-n2nc(C)c(CCC(=O)OC)c2C)cc1. The predicted octanol–water partition coefficient (Wildman–Crippen LogP) is 5.63. The minimum atomic E-state index is -0.242. The van der Waals surface area contributed by atoms with Crippen LogP contribution < -0.4 is 5.32 Å². The van der Waals surface area contributed by atoms with Gasteiger partial charge in [0.05, 0.1) is 18.5 Å². The topological polar surface area (TPSA) is 73.2 Å². The summed E-state index contributed by atoms with van der Waals surface area (Å²) in [6.07, 6.45) is 2.42. The first-order valence-corrected chi connectivity index (χ1v) is 11.5. The number of nitrogens with zero attached hydrogens (tertiary/aromatic N) is 2. The average Bonchev–Trinajstić information content (AvgIpc) is 3.10. The number of aryl methyl sites for hydroxylation is 2. The van der Waals surface area contributed by atoms with Crippen LogP contribution in [0, 0.1) is 13.8 Å². The highest BCUT2D eigenvalue weighted by Crippen LogP contribution is 2.30. The van der Waals surface area contributed by atoms with Gasteiger partial charge < -0.3 is 10.1 Å². The minimum absolute atomic E-state index is 0.180. The quantitative estimate of drug-likeness (QED) is 0.436. The van der Waals surface area contributed by atoms with Gasteiger partial charge in [0, 0.05) is 28.4 Å². The molecule has 1 heterocycles. The van der Waals surface area contributed by atoms with Gasteiger partial charge in [-0.15, -0.1) is 0 Å². The number of carbonyl (C=O) groups is 2. The van der Waals surface area contributed by atoms with Crippen LogP contribution in [0.4, 0.5) is 5.69 Å². The molecule has 0 spiro atoms. The van der Waals surface area contributed by atoms with E-state index in [0.29, 0.717) is 23.4 Å². The van der Waals surface area contributed by atoms with Crippen molar-refractivity contribution in [3.63, 3.8) is 0 Å². The zero-order chi connectivity index (χ0) is 24.1. The molecule has 2 aromatic carbocycles. The molecule has 0 saturated carbocycles. The second kappa shape index (κ2) is 10.7. The summed E-state index contributed by atoms with van der Waals surface area (Å²) >= 11 is 6.37. The Morgan fingerprint density at radius 2 is 1.73 bits per heavy atom. The monoisotopic (exact) mass is 467 g/mol. The second-order valence-electron chi connectivity index (χ2n) is 7.91. The maximum atomic E-state index is 13.0. The number of aromatic nitrogens is 2. The molecule has 0 aliphatic rings. The van der Waals surface area contributed by atoms with Gasteiger partial charge in [-0.25, -0.2) is 4.68 Å². The van der Waals surface area contributed by atoms with Crippen LogP contribution in [0.3, 0.4) is 0 Å². The Labute approximate surface area is 199 Å². The van der Waals surface area contributed by atoms with Gasteiger partial charge in [-0.05, 0) is 80.1 Å². The molecular formula is C26H30ClN3O3. The Bertz CT molecular complexity index is 1170. The lowest BCUT2D eigenvalue weighted by Crippen LogP contribution is -2.15. The van der Waals surface area contributed by atoms with E-state index in [4.69, 9.17) is 16.3 Å². The first-order valence-electron chi connectivity index (χ1n) is 11.1. The molecule has 0 radical (unpaired) electrons. The summed E-state index contributed by atoms with van der Waals surface area (Å²) in [5.74, 6) is -0.422. The van der Waals surface area contributed by atoms with Crippen LogP contribution in [0.5, 0.6) is 0 Å². The molecule has 0 fully saturated rings. The lowest BCUT2D eigenvalue weighted by Gasteiger charge is -2.16. The van der Waals surface area contributed by atoms with Gasteiger partial charge in [-0.1, -0.05) is 31.5 Å². The molecule has 0 aliphatic heterocycles. The zero-order valence-electron chi connectivity index (χ0n) is 19.8. The van der Waals surface area contributed by atoms with Gasteiger partial charge in [0.1, 0.15) is 0 Å². The number of nitrogens with one attached hydrogen (secondary N) is 1. The molecule has 3 aromatic rings. The Balaban J connectivity index is 1.82. The zero-order valence-corrected chi connectivity index (χ0v) is 20.5. The Kier molecular flexibility index (Phi) is 7.92. The molecule has 174 valence electrons. The third-order valence-corrected chi connectivity index (χ3v) is 6.29. The molecule has 0 aliphatic carbocycles. The average molecular weight is 468 g/mol.